The molecule has 0 radical (unpaired) electrons. The molecule has 0 amide bonds. The highest BCUT2D eigenvalue weighted by atomic mass is 31.2. The monoisotopic (exact) mass is 284 g/mol. The van der Waals surface area contributed by atoms with Crippen LogP contribution in [0.1, 0.15) is 6.92 Å². The van der Waals surface area contributed by atoms with Crippen LogP contribution >= 0.6 is 15.6 Å². The summed E-state index contributed by atoms with van der Waals surface area (Å²) in [6.07, 6.45) is 0. The number of aliphatic hydroxyl groups is 1. The largest absolute Gasteiger partial charge is 0.588 e. The number of phosphoric ester groups is 2. The molecule has 5 heterocycles. The first-order chi connectivity index (χ1) is 7.84. The van der Waals surface area contributed by atoms with Gasteiger partial charge in [0.2, 0.25) is 5.60 Å². The standard InChI is InChI=1S/C6H6O9P2/c1-5(6-13-17(9,14-6)15-6)4-3(2-7)10-16(8,11-4)12-5/h7H,2H2,1H3. The van der Waals surface area contributed by atoms with Crippen molar-refractivity contribution in [3.63, 3.8) is 0 Å². The summed E-state index contributed by atoms with van der Waals surface area (Å²) in [4.78, 5) is 0. The fraction of sp³-hybridized carbons (Fsp3) is 0.667. The van der Waals surface area contributed by atoms with Gasteiger partial charge in [-0.05, 0) is 6.92 Å². The minimum atomic E-state index is -3.81. The number of phosphoric acid groups is 2. The van der Waals surface area contributed by atoms with Crippen LogP contribution in [0.2, 0.25) is 0 Å². The van der Waals surface area contributed by atoms with Gasteiger partial charge in [0, 0.05) is 0 Å². The Bertz CT molecular complexity index is 539. The molecule has 0 aliphatic carbocycles. The number of aliphatic hydroxyl groups excluding tert-OH is 1. The highest BCUT2D eigenvalue weighted by molar-refractivity contribution is 7.52. The fourth-order valence-electron chi connectivity index (χ4n) is 2.03. The molecule has 0 aromatic rings. The molecule has 5 aliphatic heterocycles. The molecule has 94 valence electrons. The Morgan fingerprint density at radius 1 is 1.12 bits per heavy atom. The lowest BCUT2D eigenvalue weighted by atomic mass is 10.00. The molecule has 0 saturated carbocycles. The van der Waals surface area contributed by atoms with Crippen molar-refractivity contribution < 1.29 is 41.4 Å². The van der Waals surface area contributed by atoms with Gasteiger partial charge in [0.1, 0.15) is 6.61 Å². The van der Waals surface area contributed by atoms with E-state index in [4.69, 9.17) is 32.2 Å². The van der Waals surface area contributed by atoms with Gasteiger partial charge in [0.15, 0.2) is 11.5 Å². The van der Waals surface area contributed by atoms with Crippen LogP contribution < -0.4 is 0 Å². The molecule has 5 rings (SSSR count). The van der Waals surface area contributed by atoms with Gasteiger partial charge in [-0.15, -0.1) is 0 Å². The van der Waals surface area contributed by atoms with Crippen molar-refractivity contribution in [2.75, 3.05) is 6.61 Å². The molecule has 5 aliphatic rings. The summed E-state index contributed by atoms with van der Waals surface area (Å²) in [5.74, 6) is -1.80. The second-order valence-electron chi connectivity index (χ2n) is 3.94. The van der Waals surface area contributed by atoms with Crippen LogP contribution in [0.15, 0.2) is 11.5 Å². The lowest BCUT2D eigenvalue weighted by molar-refractivity contribution is -0.470. The zero-order chi connectivity index (χ0) is 12.1. The highest BCUT2D eigenvalue weighted by Gasteiger charge is 2.88. The van der Waals surface area contributed by atoms with Gasteiger partial charge in [0.05, 0.1) is 0 Å². The molecule has 0 aromatic heterocycles. The van der Waals surface area contributed by atoms with E-state index in [1.165, 1.54) is 6.92 Å². The van der Waals surface area contributed by atoms with Gasteiger partial charge in [-0.3, -0.25) is 0 Å². The van der Waals surface area contributed by atoms with E-state index in [1.807, 2.05) is 0 Å². The minimum Gasteiger partial charge on any atom is -0.393 e. The van der Waals surface area contributed by atoms with E-state index in [0.717, 1.165) is 0 Å². The summed E-state index contributed by atoms with van der Waals surface area (Å²) in [7, 11) is -7.21. The van der Waals surface area contributed by atoms with Crippen LogP contribution in [0.25, 0.3) is 0 Å². The molecule has 1 N–H and O–H groups in total. The topological polar surface area (TPSA) is 110 Å². The van der Waals surface area contributed by atoms with Crippen LogP contribution in [0.5, 0.6) is 0 Å². The third kappa shape index (κ3) is 0.968. The predicted molar refractivity (Wildman–Crippen MR) is 47.0 cm³/mol. The molecule has 4 saturated heterocycles. The van der Waals surface area contributed by atoms with E-state index < -0.39 is 33.8 Å². The van der Waals surface area contributed by atoms with E-state index in [9.17, 15) is 9.13 Å². The summed E-state index contributed by atoms with van der Waals surface area (Å²) in [6, 6.07) is 0. The van der Waals surface area contributed by atoms with Crippen LogP contribution in [-0.4, -0.2) is 23.3 Å². The van der Waals surface area contributed by atoms with E-state index in [1.54, 1.807) is 0 Å². The van der Waals surface area contributed by atoms with Gasteiger partial charge in [-0.1, -0.05) is 0 Å². The summed E-state index contributed by atoms with van der Waals surface area (Å²) in [5, 5.41) is 9.04. The third-order valence-corrected chi connectivity index (χ3v) is 5.66. The highest BCUT2D eigenvalue weighted by Crippen LogP contribution is 2.86. The smallest absolute Gasteiger partial charge is 0.393 e. The predicted octanol–water partition coefficient (Wildman–Crippen LogP) is 0.973. The zero-order valence-corrected chi connectivity index (χ0v) is 10.1. The Hall–Kier alpha value is -0.400. The van der Waals surface area contributed by atoms with Gasteiger partial charge in [0.25, 0.3) is 0 Å². The summed E-state index contributed by atoms with van der Waals surface area (Å²) >= 11 is 0. The number of hydrogen-bond acceptors (Lipinski definition) is 9. The number of rotatable bonds is 2. The van der Waals surface area contributed by atoms with Gasteiger partial charge < -0.3 is 14.2 Å². The van der Waals surface area contributed by atoms with E-state index >= 15 is 0 Å². The maximum absolute atomic E-state index is 11.8. The normalized spacial score (nSPS) is 58.2. The van der Waals surface area contributed by atoms with Crippen molar-refractivity contribution in [2.45, 2.75) is 18.5 Å². The average Bonchev–Trinajstić information content (AvgIpc) is 2.61. The van der Waals surface area contributed by atoms with Gasteiger partial charge >= 0.3 is 21.6 Å². The fourth-order valence-corrected chi connectivity index (χ4v) is 5.14. The van der Waals surface area contributed by atoms with Gasteiger partial charge in [-0.25, -0.2) is 27.2 Å². The molecule has 4 bridgehead atoms. The van der Waals surface area contributed by atoms with Crippen LogP contribution in [0, 0.1) is 0 Å². The second kappa shape index (κ2) is 2.48. The van der Waals surface area contributed by atoms with Crippen molar-refractivity contribution in [1.29, 1.82) is 0 Å². The Morgan fingerprint density at radius 3 is 2.24 bits per heavy atom. The zero-order valence-electron chi connectivity index (χ0n) is 8.31. The van der Waals surface area contributed by atoms with Crippen LogP contribution in [0.3, 0.4) is 0 Å². The molecular formula is C6H6O9P2. The Labute approximate surface area is 94.4 Å². The summed E-state index contributed by atoms with van der Waals surface area (Å²) < 4.78 is 52.5. The molecule has 9 nitrogen and oxygen atoms in total. The first-order valence-corrected chi connectivity index (χ1v) is 7.53. The molecule has 2 unspecified atom stereocenters. The summed E-state index contributed by atoms with van der Waals surface area (Å²) in [6.45, 7) is 0.898. The molecular weight excluding hydrogens is 278 g/mol. The van der Waals surface area contributed by atoms with Crippen LogP contribution in [-0.2, 0) is 36.3 Å². The molecule has 17 heavy (non-hydrogen) atoms. The first kappa shape index (κ1) is 10.5. The van der Waals surface area contributed by atoms with E-state index in [2.05, 4.69) is 0 Å². The molecule has 2 atom stereocenters. The lowest BCUT2D eigenvalue weighted by Gasteiger charge is -2.59. The lowest BCUT2D eigenvalue weighted by Crippen LogP contribution is -2.70. The maximum atomic E-state index is 11.8. The van der Waals surface area contributed by atoms with E-state index in [-0.39, 0.29) is 11.5 Å². The Balaban J connectivity index is 1.81. The second-order valence-corrected chi connectivity index (χ2v) is 6.83. The first-order valence-electron chi connectivity index (χ1n) is 4.61. The number of fused-ring (bicyclic) bond motifs is 2. The quantitative estimate of drug-likeness (QED) is 0.741. The molecule has 0 spiro atoms. The molecule has 0 aromatic carbocycles. The Morgan fingerprint density at radius 2 is 1.76 bits per heavy atom. The minimum absolute atomic E-state index is 0.0331. The average molecular weight is 284 g/mol. The Kier molecular flexibility index (Phi) is 1.54. The maximum Gasteiger partial charge on any atom is 0.588 e. The van der Waals surface area contributed by atoms with Crippen molar-refractivity contribution in [3.8, 4) is 0 Å². The van der Waals surface area contributed by atoms with Crippen LogP contribution in [0.4, 0.5) is 0 Å². The van der Waals surface area contributed by atoms with Gasteiger partial charge in [-0.2, -0.15) is 0 Å². The molecule has 4 fully saturated rings. The summed E-state index contributed by atoms with van der Waals surface area (Å²) in [5.41, 5.74) is -1.51. The van der Waals surface area contributed by atoms with E-state index in [0.29, 0.717) is 0 Å². The van der Waals surface area contributed by atoms with Crippen molar-refractivity contribution in [2.24, 2.45) is 0 Å². The van der Waals surface area contributed by atoms with Crippen molar-refractivity contribution >= 4 is 15.6 Å². The van der Waals surface area contributed by atoms with Crippen molar-refractivity contribution in [3.05, 3.63) is 11.5 Å². The molecule has 11 heteroatoms. The SMILES string of the molecule is CC1(C23OP(=O)(O2)O3)OP2(=O)OC(CO)=C1O2. The third-order valence-electron chi connectivity index (χ3n) is 2.83. The van der Waals surface area contributed by atoms with Crippen molar-refractivity contribution in [1.82, 2.24) is 0 Å². The number of hydrogen-bond donors (Lipinski definition) is 1.